The quantitative estimate of drug-likeness (QED) is 0.648. The smallest absolute Gasteiger partial charge is 0.254 e. The molecular formula is C23H24N2O4S. The van der Waals surface area contributed by atoms with Gasteiger partial charge in [0.1, 0.15) is 5.76 Å². The monoisotopic (exact) mass is 424 g/mol. The maximum atomic E-state index is 13.1. The molecule has 3 aromatic rings. The predicted molar refractivity (Wildman–Crippen MR) is 113 cm³/mol. The van der Waals surface area contributed by atoms with E-state index in [1.54, 1.807) is 24.3 Å². The third kappa shape index (κ3) is 4.17. The van der Waals surface area contributed by atoms with Crippen LogP contribution in [0.1, 0.15) is 46.1 Å². The Morgan fingerprint density at radius 1 is 1.10 bits per heavy atom. The molecule has 1 amide bonds. The summed E-state index contributed by atoms with van der Waals surface area (Å²) in [6.07, 6.45) is 3.38. The molecule has 0 radical (unpaired) electrons. The zero-order valence-corrected chi connectivity index (χ0v) is 17.6. The van der Waals surface area contributed by atoms with Gasteiger partial charge in [0.25, 0.3) is 5.91 Å². The lowest BCUT2D eigenvalue weighted by Crippen LogP contribution is -2.31. The molecule has 0 bridgehead atoms. The van der Waals surface area contributed by atoms with Crippen LogP contribution >= 0.6 is 0 Å². The molecule has 6 nitrogen and oxygen atoms in total. The molecule has 1 aliphatic heterocycles. The van der Waals surface area contributed by atoms with Crippen LogP contribution in [0.15, 0.2) is 76.2 Å². The van der Waals surface area contributed by atoms with E-state index in [4.69, 9.17) is 4.42 Å². The molecule has 1 atom stereocenters. The number of amides is 1. The minimum absolute atomic E-state index is 0.0528. The number of sulfonamides is 1. The molecule has 156 valence electrons. The molecule has 1 N–H and O–H groups in total. The standard InChI is InChI=1S/C23H24N2O4S/c1-17-6-2-3-8-21(17)22-9-4-14-25(22)23(26)18-10-12-20(13-11-18)30(27,28)24-16-19-7-5-15-29-19/h2-3,5-8,10-13,15,22,24H,4,9,14,16H2,1H3. The molecule has 0 spiro atoms. The molecule has 2 heterocycles. The van der Waals surface area contributed by atoms with Crippen LogP contribution in [0.25, 0.3) is 0 Å². The van der Waals surface area contributed by atoms with E-state index >= 15 is 0 Å². The number of nitrogens with one attached hydrogen (secondary N) is 1. The second-order valence-electron chi connectivity index (χ2n) is 7.44. The minimum Gasteiger partial charge on any atom is -0.468 e. The molecular weight excluding hydrogens is 400 g/mol. The first-order chi connectivity index (χ1) is 14.5. The highest BCUT2D eigenvalue weighted by molar-refractivity contribution is 7.89. The van der Waals surface area contributed by atoms with Gasteiger partial charge in [0, 0.05) is 12.1 Å². The number of furan rings is 1. The zero-order valence-electron chi connectivity index (χ0n) is 16.7. The van der Waals surface area contributed by atoms with Crippen molar-refractivity contribution in [2.45, 2.75) is 37.2 Å². The van der Waals surface area contributed by atoms with Gasteiger partial charge in [-0.25, -0.2) is 13.1 Å². The number of aryl methyl sites for hydroxylation is 1. The lowest BCUT2D eigenvalue weighted by atomic mass is 9.99. The van der Waals surface area contributed by atoms with Crippen molar-refractivity contribution >= 4 is 15.9 Å². The van der Waals surface area contributed by atoms with Gasteiger partial charge in [-0.2, -0.15) is 0 Å². The van der Waals surface area contributed by atoms with Crippen LogP contribution in [0.4, 0.5) is 0 Å². The maximum absolute atomic E-state index is 13.1. The molecule has 1 aromatic heterocycles. The molecule has 1 unspecified atom stereocenters. The number of nitrogens with zero attached hydrogens (tertiary/aromatic N) is 1. The molecule has 7 heteroatoms. The van der Waals surface area contributed by atoms with E-state index in [2.05, 4.69) is 23.8 Å². The molecule has 1 fully saturated rings. The molecule has 1 saturated heterocycles. The first-order valence-electron chi connectivity index (χ1n) is 9.94. The second kappa shape index (κ2) is 8.45. The van der Waals surface area contributed by atoms with Gasteiger partial charge in [-0.1, -0.05) is 24.3 Å². The van der Waals surface area contributed by atoms with Gasteiger partial charge in [0.2, 0.25) is 10.0 Å². The summed E-state index contributed by atoms with van der Waals surface area (Å²) in [6.45, 7) is 2.83. The third-order valence-corrected chi connectivity index (χ3v) is 6.91. The highest BCUT2D eigenvalue weighted by Crippen LogP contribution is 2.34. The van der Waals surface area contributed by atoms with E-state index in [1.165, 1.54) is 29.5 Å². The lowest BCUT2D eigenvalue weighted by Gasteiger charge is -2.26. The van der Waals surface area contributed by atoms with Crippen LogP contribution in [-0.4, -0.2) is 25.8 Å². The Morgan fingerprint density at radius 3 is 2.57 bits per heavy atom. The number of likely N-dealkylation sites (tertiary alicyclic amines) is 1. The average Bonchev–Trinajstić information content (AvgIpc) is 3.44. The van der Waals surface area contributed by atoms with Gasteiger partial charge in [0.05, 0.1) is 23.7 Å². The summed E-state index contributed by atoms with van der Waals surface area (Å²) in [5.74, 6) is 0.454. The summed E-state index contributed by atoms with van der Waals surface area (Å²) in [5, 5.41) is 0. The fourth-order valence-electron chi connectivity index (χ4n) is 3.90. The van der Waals surface area contributed by atoms with Gasteiger partial charge in [-0.15, -0.1) is 0 Å². The Hall–Kier alpha value is -2.90. The van der Waals surface area contributed by atoms with E-state index in [1.807, 2.05) is 17.0 Å². The Bertz CT molecular complexity index is 1120. The Labute approximate surface area is 176 Å². The second-order valence-corrected chi connectivity index (χ2v) is 9.21. The largest absolute Gasteiger partial charge is 0.468 e. The van der Waals surface area contributed by atoms with Gasteiger partial charge >= 0.3 is 0 Å². The van der Waals surface area contributed by atoms with Crippen LogP contribution < -0.4 is 4.72 Å². The molecule has 1 aliphatic rings. The topological polar surface area (TPSA) is 79.6 Å². The zero-order chi connectivity index (χ0) is 21.1. The summed E-state index contributed by atoms with van der Waals surface area (Å²) in [4.78, 5) is 15.1. The Morgan fingerprint density at radius 2 is 1.87 bits per heavy atom. The first-order valence-corrected chi connectivity index (χ1v) is 11.4. The SMILES string of the molecule is Cc1ccccc1C1CCCN1C(=O)c1ccc(S(=O)(=O)NCc2ccco2)cc1. The van der Waals surface area contributed by atoms with Crippen molar-refractivity contribution in [2.75, 3.05) is 6.54 Å². The van der Waals surface area contributed by atoms with Crippen molar-refractivity contribution in [3.8, 4) is 0 Å². The van der Waals surface area contributed by atoms with Gasteiger partial charge in [-0.05, 0) is 67.3 Å². The number of carbonyl (C=O) groups is 1. The van der Waals surface area contributed by atoms with Crippen LogP contribution in [0.2, 0.25) is 0 Å². The highest BCUT2D eigenvalue weighted by atomic mass is 32.2. The molecule has 30 heavy (non-hydrogen) atoms. The van der Waals surface area contributed by atoms with E-state index in [-0.39, 0.29) is 23.4 Å². The van der Waals surface area contributed by atoms with E-state index in [0.717, 1.165) is 12.8 Å². The van der Waals surface area contributed by atoms with Crippen molar-refractivity contribution in [1.82, 2.24) is 9.62 Å². The fourth-order valence-corrected chi connectivity index (χ4v) is 4.89. The summed E-state index contributed by atoms with van der Waals surface area (Å²) < 4.78 is 32.6. The summed E-state index contributed by atoms with van der Waals surface area (Å²) >= 11 is 0. The predicted octanol–water partition coefficient (Wildman–Crippen LogP) is 4.04. The number of hydrogen-bond donors (Lipinski definition) is 1. The van der Waals surface area contributed by atoms with Crippen LogP contribution in [0.5, 0.6) is 0 Å². The summed E-state index contributed by atoms with van der Waals surface area (Å²) in [7, 11) is -3.69. The number of hydrogen-bond acceptors (Lipinski definition) is 4. The van der Waals surface area contributed by atoms with E-state index < -0.39 is 10.0 Å². The van der Waals surface area contributed by atoms with E-state index in [0.29, 0.717) is 17.9 Å². The molecule has 0 aliphatic carbocycles. The van der Waals surface area contributed by atoms with Crippen molar-refractivity contribution in [3.05, 3.63) is 89.4 Å². The van der Waals surface area contributed by atoms with Crippen molar-refractivity contribution < 1.29 is 17.6 Å². The lowest BCUT2D eigenvalue weighted by molar-refractivity contribution is 0.0735. The number of benzene rings is 2. The first kappa shape index (κ1) is 20.4. The normalized spacial score (nSPS) is 16.7. The summed E-state index contributed by atoms with van der Waals surface area (Å²) in [6, 6.07) is 17.7. The van der Waals surface area contributed by atoms with Gasteiger partial charge < -0.3 is 9.32 Å². The Kier molecular flexibility index (Phi) is 5.74. The van der Waals surface area contributed by atoms with Crippen molar-refractivity contribution in [3.63, 3.8) is 0 Å². The maximum Gasteiger partial charge on any atom is 0.254 e. The van der Waals surface area contributed by atoms with E-state index in [9.17, 15) is 13.2 Å². The molecule has 0 saturated carbocycles. The number of rotatable bonds is 6. The van der Waals surface area contributed by atoms with Crippen molar-refractivity contribution in [1.29, 1.82) is 0 Å². The fraction of sp³-hybridized carbons (Fsp3) is 0.261. The van der Waals surface area contributed by atoms with Gasteiger partial charge in [-0.3, -0.25) is 4.79 Å². The average molecular weight is 425 g/mol. The van der Waals surface area contributed by atoms with Crippen LogP contribution in [0.3, 0.4) is 0 Å². The van der Waals surface area contributed by atoms with Gasteiger partial charge in [0.15, 0.2) is 0 Å². The molecule has 4 rings (SSSR count). The van der Waals surface area contributed by atoms with Crippen molar-refractivity contribution in [2.24, 2.45) is 0 Å². The number of carbonyl (C=O) groups excluding carboxylic acids is 1. The van der Waals surface area contributed by atoms with Crippen LogP contribution in [-0.2, 0) is 16.6 Å². The molecule has 2 aromatic carbocycles. The highest BCUT2D eigenvalue weighted by Gasteiger charge is 2.31. The Balaban J connectivity index is 1.49. The third-order valence-electron chi connectivity index (χ3n) is 5.49. The van der Waals surface area contributed by atoms with Crippen LogP contribution in [0, 0.1) is 6.92 Å². The minimum atomic E-state index is -3.69. The summed E-state index contributed by atoms with van der Waals surface area (Å²) in [5.41, 5.74) is 2.83.